The first-order chi connectivity index (χ1) is 6.19. The van der Waals surface area contributed by atoms with Gasteiger partial charge in [0.25, 0.3) is 6.43 Å². The third-order valence-electron chi connectivity index (χ3n) is 1.52. The number of rotatable bonds is 3. The highest BCUT2D eigenvalue weighted by atomic mass is 19.3. The lowest BCUT2D eigenvalue weighted by molar-refractivity contribution is 0.145. The zero-order valence-electron chi connectivity index (χ0n) is 7.25. The average molecular weight is 189 g/mol. The maximum absolute atomic E-state index is 12.4. The topological polar surface area (TPSA) is 31.4 Å². The Morgan fingerprint density at radius 3 is 2.46 bits per heavy atom. The number of halogens is 2. The van der Waals surface area contributed by atoms with Crippen molar-refractivity contribution in [3.05, 3.63) is 17.8 Å². The van der Waals surface area contributed by atoms with Crippen LogP contribution in [0, 0.1) is 0 Å². The second-order valence-electron chi connectivity index (χ2n) is 2.27. The van der Waals surface area contributed by atoms with E-state index in [2.05, 4.69) is 9.72 Å². The highest BCUT2D eigenvalue weighted by molar-refractivity contribution is 5.34. The number of aromatic nitrogens is 1. The summed E-state index contributed by atoms with van der Waals surface area (Å²) >= 11 is 0. The fourth-order valence-corrected chi connectivity index (χ4v) is 0.888. The first-order valence-electron chi connectivity index (χ1n) is 3.55. The molecular weight excluding hydrogens is 180 g/mol. The monoisotopic (exact) mass is 189 g/mol. The predicted octanol–water partition coefficient (Wildman–Crippen LogP) is 2.04. The van der Waals surface area contributed by atoms with E-state index in [1.807, 2.05) is 0 Å². The Bertz CT molecular complexity index is 291. The molecule has 72 valence electrons. The third-order valence-corrected chi connectivity index (χ3v) is 1.52. The molecule has 1 rings (SSSR count). The van der Waals surface area contributed by atoms with Crippen LogP contribution >= 0.6 is 0 Å². The molecule has 13 heavy (non-hydrogen) atoms. The van der Waals surface area contributed by atoms with E-state index in [-0.39, 0.29) is 17.2 Å². The molecule has 0 bridgehead atoms. The normalized spacial score (nSPS) is 10.2. The van der Waals surface area contributed by atoms with Crippen molar-refractivity contribution in [3.63, 3.8) is 0 Å². The van der Waals surface area contributed by atoms with E-state index in [9.17, 15) is 8.78 Å². The SMILES string of the molecule is COc1cnc(OC)c(C(F)F)c1. The molecule has 0 radical (unpaired) electrons. The Balaban J connectivity index is 3.10. The van der Waals surface area contributed by atoms with Crippen LogP contribution in [0.15, 0.2) is 12.3 Å². The van der Waals surface area contributed by atoms with Crippen LogP contribution in [-0.2, 0) is 0 Å². The molecule has 0 aliphatic carbocycles. The summed E-state index contributed by atoms with van der Waals surface area (Å²) in [6.07, 6.45) is -1.29. The molecule has 0 atom stereocenters. The molecule has 0 saturated carbocycles. The smallest absolute Gasteiger partial charge is 0.269 e. The van der Waals surface area contributed by atoms with Gasteiger partial charge in [-0.05, 0) is 6.07 Å². The Hall–Kier alpha value is -1.39. The van der Waals surface area contributed by atoms with Crippen LogP contribution in [-0.4, -0.2) is 19.2 Å². The van der Waals surface area contributed by atoms with Crippen molar-refractivity contribution >= 4 is 0 Å². The minimum absolute atomic E-state index is 0.0733. The average Bonchev–Trinajstić information content (AvgIpc) is 2.16. The van der Waals surface area contributed by atoms with E-state index < -0.39 is 6.43 Å². The predicted molar refractivity (Wildman–Crippen MR) is 42.3 cm³/mol. The number of pyridine rings is 1. The van der Waals surface area contributed by atoms with Crippen LogP contribution in [0.5, 0.6) is 11.6 Å². The van der Waals surface area contributed by atoms with Gasteiger partial charge in [-0.1, -0.05) is 0 Å². The lowest BCUT2D eigenvalue weighted by Gasteiger charge is -2.07. The van der Waals surface area contributed by atoms with E-state index in [1.165, 1.54) is 26.5 Å². The molecule has 0 unspecified atom stereocenters. The molecule has 1 heterocycles. The first kappa shape index (κ1) is 9.70. The Morgan fingerprint density at radius 1 is 1.31 bits per heavy atom. The summed E-state index contributed by atoms with van der Waals surface area (Å²) in [6.45, 7) is 0. The minimum atomic E-state index is -2.61. The quantitative estimate of drug-likeness (QED) is 0.729. The van der Waals surface area contributed by atoms with Crippen molar-refractivity contribution in [1.29, 1.82) is 0 Å². The van der Waals surface area contributed by atoms with Gasteiger partial charge in [0.15, 0.2) is 0 Å². The van der Waals surface area contributed by atoms with Gasteiger partial charge in [0.1, 0.15) is 5.75 Å². The van der Waals surface area contributed by atoms with Crippen molar-refractivity contribution in [3.8, 4) is 11.6 Å². The van der Waals surface area contributed by atoms with Crippen LogP contribution in [0.3, 0.4) is 0 Å². The highest BCUT2D eigenvalue weighted by Crippen LogP contribution is 2.29. The Kier molecular flexibility index (Phi) is 3.00. The van der Waals surface area contributed by atoms with E-state index in [4.69, 9.17) is 4.74 Å². The number of ether oxygens (including phenoxy) is 2. The number of alkyl halides is 2. The Labute approximate surface area is 74.3 Å². The molecule has 1 aromatic heterocycles. The second-order valence-corrected chi connectivity index (χ2v) is 2.27. The van der Waals surface area contributed by atoms with Gasteiger partial charge in [-0.2, -0.15) is 0 Å². The van der Waals surface area contributed by atoms with Gasteiger partial charge in [0, 0.05) is 0 Å². The van der Waals surface area contributed by atoms with Crippen molar-refractivity contribution in [2.24, 2.45) is 0 Å². The van der Waals surface area contributed by atoms with Crippen LogP contribution in [0.2, 0.25) is 0 Å². The molecule has 0 saturated heterocycles. The summed E-state index contributed by atoms with van der Waals surface area (Å²) in [4.78, 5) is 3.66. The Morgan fingerprint density at radius 2 is 2.00 bits per heavy atom. The molecule has 0 amide bonds. The van der Waals surface area contributed by atoms with Crippen molar-refractivity contribution in [1.82, 2.24) is 4.98 Å². The number of hydrogen-bond acceptors (Lipinski definition) is 3. The number of nitrogens with zero attached hydrogens (tertiary/aromatic N) is 1. The van der Waals surface area contributed by atoms with E-state index in [1.54, 1.807) is 0 Å². The summed E-state index contributed by atoms with van der Waals surface area (Å²) in [5, 5.41) is 0. The molecule has 5 heteroatoms. The van der Waals surface area contributed by atoms with E-state index in [0.717, 1.165) is 0 Å². The molecule has 0 fully saturated rings. The van der Waals surface area contributed by atoms with Crippen LogP contribution in [0.1, 0.15) is 12.0 Å². The summed E-state index contributed by atoms with van der Waals surface area (Å²) < 4.78 is 34.1. The highest BCUT2D eigenvalue weighted by Gasteiger charge is 2.15. The molecule has 0 spiro atoms. The van der Waals surface area contributed by atoms with Gasteiger partial charge in [0.05, 0.1) is 26.0 Å². The van der Waals surface area contributed by atoms with Crippen LogP contribution < -0.4 is 9.47 Å². The molecular formula is C8H9F2NO2. The van der Waals surface area contributed by atoms with Crippen molar-refractivity contribution in [2.75, 3.05) is 14.2 Å². The number of methoxy groups -OCH3 is 2. The number of hydrogen-bond donors (Lipinski definition) is 0. The minimum Gasteiger partial charge on any atom is -0.495 e. The molecule has 0 aliphatic heterocycles. The van der Waals surface area contributed by atoms with Gasteiger partial charge in [-0.15, -0.1) is 0 Å². The summed E-state index contributed by atoms with van der Waals surface area (Å²) in [6, 6.07) is 1.20. The standard InChI is InChI=1S/C8H9F2NO2/c1-12-5-3-6(7(9)10)8(13-2)11-4-5/h3-4,7H,1-2H3. The second kappa shape index (κ2) is 4.02. The first-order valence-corrected chi connectivity index (χ1v) is 3.55. The maximum Gasteiger partial charge on any atom is 0.269 e. The lowest BCUT2D eigenvalue weighted by atomic mass is 10.3. The molecule has 0 N–H and O–H groups in total. The van der Waals surface area contributed by atoms with E-state index in [0.29, 0.717) is 0 Å². The molecule has 3 nitrogen and oxygen atoms in total. The summed E-state index contributed by atoms with van der Waals surface area (Å²) in [5.74, 6) is 0.215. The van der Waals surface area contributed by atoms with Gasteiger partial charge in [0.2, 0.25) is 5.88 Å². The van der Waals surface area contributed by atoms with Crippen LogP contribution in [0.25, 0.3) is 0 Å². The van der Waals surface area contributed by atoms with E-state index >= 15 is 0 Å². The zero-order chi connectivity index (χ0) is 9.84. The fourth-order valence-electron chi connectivity index (χ4n) is 0.888. The third kappa shape index (κ3) is 2.05. The summed E-state index contributed by atoms with van der Waals surface area (Å²) in [5.41, 5.74) is -0.262. The van der Waals surface area contributed by atoms with Gasteiger partial charge >= 0.3 is 0 Å². The van der Waals surface area contributed by atoms with Gasteiger partial charge in [-0.25, -0.2) is 13.8 Å². The van der Waals surface area contributed by atoms with Crippen molar-refractivity contribution < 1.29 is 18.3 Å². The maximum atomic E-state index is 12.4. The molecule has 0 aromatic carbocycles. The van der Waals surface area contributed by atoms with Crippen molar-refractivity contribution in [2.45, 2.75) is 6.43 Å². The zero-order valence-corrected chi connectivity index (χ0v) is 7.25. The fraction of sp³-hybridized carbons (Fsp3) is 0.375. The molecule has 1 aromatic rings. The van der Waals surface area contributed by atoms with Crippen LogP contribution in [0.4, 0.5) is 8.78 Å². The molecule has 0 aliphatic rings. The van der Waals surface area contributed by atoms with Gasteiger partial charge < -0.3 is 9.47 Å². The largest absolute Gasteiger partial charge is 0.495 e. The summed E-state index contributed by atoms with van der Waals surface area (Å²) in [7, 11) is 2.68. The lowest BCUT2D eigenvalue weighted by Crippen LogP contribution is -1.96. The van der Waals surface area contributed by atoms with Gasteiger partial charge in [-0.3, -0.25) is 0 Å².